The quantitative estimate of drug-likeness (QED) is 0.655. The predicted molar refractivity (Wildman–Crippen MR) is 103 cm³/mol. The molecular formula is C19H27BrN2O4. The smallest absolute Gasteiger partial charge is 0.275 e. The Bertz CT molecular complexity index is 725. The van der Waals surface area contributed by atoms with Crippen molar-refractivity contribution in [1.82, 2.24) is 9.47 Å². The maximum atomic E-state index is 13.4. The summed E-state index contributed by atoms with van der Waals surface area (Å²) in [4.78, 5) is 28.0. The first-order valence-electron chi connectivity index (χ1n) is 9.49. The number of amides is 1. The van der Waals surface area contributed by atoms with Crippen molar-refractivity contribution < 1.29 is 14.3 Å². The van der Waals surface area contributed by atoms with Gasteiger partial charge in [0.1, 0.15) is 0 Å². The van der Waals surface area contributed by atoms with Crippen LogP contribution in [0.4, 0.5) is 0 Å². The lowest BCUT2D eigenvalue weighted by molar-refractivity contribution is -0.0359. The fraction of sp³-hybridized carbons (Fsp3) is 0.684. The molecule has 3 rings (SSSR count). The summed E-state index contributed by atoms with van der Waals surface area (Å²) in [7, 11) is 0. The number of carbonyl (C=O) groups is 1. The van der Waals surface area contributed by atoms with Crippen LogP contribution in [0.3, 0.4) is 0 Å². The highest BCUT2D eigenvalue weighted by atomic mass is 79.9. The minimum atomic E-state index is -0.250. The lowest BCUT2D eigenvalue weighted by atomic mass is 9.85. The normalized spacial score (nSPS) is 18.9. The summed E-state index contributed by atoms with van der Waals surface area (Å²) >= 11 is 3.35. The summed E-state index contributed by atoms with van der Waals surface area (Å²) in [6.07, 6.45) is 6.06. The summed E-state index contributed by atoms with van der Waals surface area (Å²) < 4.78 is 13.7. The standard InChI is InChI=1S/C19H27BrN2O4/c1-3-5-9-26-17-15-18(24)22(8-4-2)19(6-10-25-11-7-19)13-21(15)12-14(20)16(17)23/h12H,3-11,13H2,1-2H3. The zero-order chi connectivity index (χ0) is 18.7. The monoisotopic (exact) mass is 426 g/mol. The molecule has 1 aromatic heterocycles. The Kier molecular flexibility index (Phi) is 6.07. The number of hydrogen-bond donors (Lipinski definition) is 0. The van der Waals surface area contributed by atoms with E-state index in [-0.39, 0.29) is 22.6 Å². The Balaban J connectivity index is 2.07. The molecule has 2 aliphatic heterocycles. The zero-order valence-electron chi connectivity index (χ0n) is 15.6. The van der Waals surface area contributed by atoms with E-state index in [1.807, 2.05) is 9.47 Å². The number of fused-ring (bicyclic) bond motifs is 1. The summed E-state index contributed by atoms with van der Waals surface area (Å²) in [5.74, 6) is 0.0805. The molecule has 1 aromatic rings. The van der Waals surface area contributed by atoms with E-state index in [1.165, 1.54) is 0 Å². The van der Waals surface area contributed by atoms with Gasteiger partial charge in [0.2, 0.25) is 5.43 Å². The highest BCUT2D eigenvalue weighted by Crippen LogP contribution is 2.37. The highest BCUT2D eigenvalue weighted by molar-refractivity contribution is 9.10. The minimum Gasteiger partial charge on any atom is -0.487 e. The molecule has 0 radical (unpaired) electrons. The van der Waals surface area contributed by atoms with Crippen LogP contribution < -0.4 is 10.2 Å². The van der Waals surface area contributed by atoms with Gasteiger partial charge in [0.25, 0.3) is 5.91 Å². The summed E-state index contributed by atoms with van der Waals surface area (Å²) in [6, 6.07) is 0. The molecule has 6 nitrogen and oxygen atoms in total. The van der Waals surface area contributed by atoms with E-state index < -0.39 is 0 Å². The van der Waals surface area contributed by atoms with Gasteiger partial charge in [0.15, 0.2) is 11.4 Å². The maximum absolute atomic E-state index is 13.4. The molecule has 0 bridgehead atoms. The number of pyridine rings is 1. The van der Waals surface area contributed by atoms with Crippen LogP contribution in [0.5, 0.6) is 5.75 Å². The van der Waals surface area contributed by atoms with Crippen molar-refractivity contribution in [3.8, 4) is 5.75 Å². The molecule has 3 heterocycles. The van der Waals surface area contributed by atoms with Crippen LogP contribution in [0.15, 0.2) is 15.5 Å². The summed E-state index contributed by atoms with van der Waals surface area (Å²) in [6.45, 7) is 7.24. The van der Waals surface area contributed by atoms with Crippen molar-refractivity contribution in [3.05, 3.63) is 26.6 Å². The molecule has 1 spiro atoms. The lowest BCUT2D eigenvalue weighted by Gasteiger charge is -2.50. The summed E-state index contributed by atoms with van der Waals surface area (Å²) in [5, 5.41) is 0. The van der Waals surface area contributed by atoms with Gasteiger partial charge in [-0.2, -0.15) is 0 Å². The second-order valence-electron chi connectivity index (χ2n) is 7.11. The third kappa shape index (κ3) is 3.43. The number of hydrogen-bond acceptors (Lipinski definition) is 4. The van der Waals surface area contributed by atoms with Crippen LogP contribution in [0, 0.1) is 0 Å². The number of rotatable bonds is 6. The number of carbonyl (C=O) groups excluding carboxylic acids is 1. The minimum absolute atomic E-state index is 0.101. The highest BCUT2D eigenvalue weighted by Gasteiger charge is 2.46. The molecule has 0 saturated carbocycles. The third-order valence-corrected chi connectivity index (χ3v) is 5.86. The Morgan fingerprint density at radius 2 is 1.96 bits per heavy atom. The van der Waals surface area contributed by atoms with Gasteiger partial charge in [0.05, 0.1) is 16.6 Å². The van der Waals surface area contributed by atoms with Gasteiger partial charge in [-0.25, -0.2) is 0 Å². The van der Waals surface area contributed by atoms with Crippen molar-refractivity contribution in [1.29, 1.82) is 0 Å². The van der Waals surface area contributed by atoms with Crippen LogP contribution in [0.2, 0.25) is 0 Å². The van der Waals surface area contributed by atoms with Crippen LogP contribution in [-0.4, -0.2) is 47.3 Å². The number of unbranched alkanes of at least 4 members (excludes halogenated alkanes) is 1. The van der Waals surface area contributed by atoms with Gasteiger partial charge >= 0.3 is 0 Å². The predicted octanol–water partition coefficient (Wildman–Crippen LogP) is 3.20. The molecule has 0 unspecified atom stereocenters. The summed E-state index contributed by atoms with van der Waals surface area (Å²) in [5.41, 5.74) is -0.104. The third-order valence-electron chi connectivity index (χ3n) is 5.29. The fourth-order valence-electron chi connectivity index (χ4n) is 3.89. The molecule has 0 N–H and O–H groups in total. The van der Waals surface area contributed by atoms with Crippen LogP contribution in [0.25, 0.3) is 0 Å². The Morgan fingerprint density at radius 1 is 1.23 bits per heavy atom. The average molecular weight is 427 g/mol. The molecule has 144 valence electrons. The van der Waals surface area contributed by atoms with Gasteiger partial charge in [-0.1, -0.05) is 20.3 Å². The first-order valence-corrected chi connectivity index (χ1v) is 10.3. The molecule has 2 aliphatic rings. The van der Waals surface area contributed by atoms with Gasteiger partial charge in [0, 0.05) is 32.5 Å². The molecule has 1 saturated heterocycles. The van der Waals surface area contributed by atoms with Crippen molar-refractivity contribution >= 4 is 21.8 Å². The molecule has 0 atom stereocenters. The van der Waals surface area contributed by atoms with Gasteiger partial charge in [-0.15, -0.1) is 0 Å². The lowest BCUT2D eigenvalue weighted by Crippen LogP contribution is -2.61. The van der Waals surface area contributed by atoms with Gasteiger partial charge < -0.3 is 18.9 Å². The molecule has 1 amide bonds. The van der Waals surface area contributed by atoms with Crippen LogP contribution >= 0.6 is 15.9 Å². The first kappa shape index (κ1) is 19.4. The van der Waals surface area contributed by atoms with E-state index >= 15 is 0 Å². The molecule has 0 aromatic carbocycles. The second-order valence-corrected chi connectivity index (χ2v) is 7.96. The van der Waals surface area contributed by atoms with Gasteiger partial charge in [-0.05, 0) is 41.6 Å². The molecule has 26 heavy (non-hydrogen) atoms. The Labute approximate surface area is 162 Å². The Morgan fingerprint density at radius 3 is 2.62 bits per heavy atom. The van der Waals surface area contributed by atoms with Crippen LogP contribution in [0.1, 0.15) is 56.4 Å². The SMILES string of the molecule is CCCCOc1c2n(cc(Br)c1=O)CC1(CCOCC1)N(CCC)C2=O. The first-order chi connectivity index (χ1) is 12.5. The van der Waals surface area contributed by atoms with Crippen molar-refractivity contribution in [2.45, 2.75) is 58.0 Å². The van der Waals surface area contributed by atoms with Crippen LogP contribution in [-0.2, 0) is 11.3 Å². The molecule has 7 heteroatoms. The molecule has 0 aliphatic carbocycles. The number of aromatic nitrogens is 1. The van der Waals surface area contributed by atoms with Crippen molar-refractivity contribution in [2.24, 2.45) is 0 Å². The number of halogens is 1. The average Bonchev–Trinajstić information content (AvgIpc) is 2.63. The molecular weight excluding hydrogens is 400 g/mol. The van der Waals surface area contributed by atoms with E-state index in [2.05, 4.69) is 29.8 Å². The van der Waals surface area contributed by atoms with Crippen molar-refractivity contribution in [2.75, 3.05) is 26.4 Å². The van der Waals surface area contributed by atoms with E-state index in [1.54, 1.807) is 6.20 Å². The number of nitrogens with zero attached hydrogens (tertiary/aromatic N) is 2. The van der Waals surface area contributed by atoms with E-state index in [0.29, 0.717) is 43.1 Å². The fourth-order valence-corrected chi connectivity index (χ4v) is 4.32. The zero-order valence-corrected chi connectivity index (χ0v) is 17.1. The Hall–Kier alpha value is -1.34. The van der Waals surface area contributed by atoms with E-state index in [0.717, 1.165) is 32.1 Å². The largest absolute Gasteiger partial charge is 0.487 e. The maximum Gasteiger partial charge on any atom is 0.275 e. The van der Waals surface area contributed by atoms with Crippen molar-refractivity contribution in [3.63, 3.8) is 0 Å². The van der Waals surface area contributed by atoms with E-state index in [9.17, 15) is 9.59 Å². The van der Waals surface area contributed by atoms with Gasteiger partial charge in [-0.3, -0.25) is 9.59 Å². The number of ether oxygens (including phenoxy) is 2. The second kappa shape index (κ2) is 8.13. The topological polar surface area (TPSA) is 60.8 Å². The van der Waals surface area contributed by atoms with E-state index in [4.69, 9.17) is 9.47 Å². The molecule has 1 fully saturated rings.